The summed E-state index contributed by atoms with van der Waals surface area (Å²) in [6.07, 6.45) is 4.77. The first-order chi connectivity index (χ1) is 14.9. The van der Waals surface area contributed by atoms with E-state index < -0.39 is 52.9 Å². The molecule has 3 N–H and O–H groups in total. The average molecular weight is 447 g/mol. The third kappa shape index (κ3) is 3.08. The molecule has 7 heteroatoms. The maximum atomic E-state index is 13.1. The van der Waals surface area contributed by atoms with Gasteiger partial charge in [-0.2, -0.15) is 0 Å². The van der Waals surface area contributed by atoms with Gasteiger partial charge in [0.1, 0.15) is 0 Å². The number of hydrogen-bond donors (Lipinski definition) is 3. The zero-order valence-electron chi connectivity index (χ0n) is 19.2. The van der Waals surface area contributed by atoms with Gasteiger partial charge in [-0.05, 0) is 49.7 Å². The highest BCUT2D eigenvalue weighted by molar-refractivity contribution is 6.01. The second kappa shape index (κ2) is 7.61. The van der Waals surface area contributed by atoms with Crippen molar-refractivity contribution in [1.29, 1.82) is 0 Å². The Morgan fingerprint density at radius 3 is 2.59 bits per heavy atom. The van der Waals surface area contributed by atoms with E-state index in [1.807, 2.05) is 13.0 Å². The molecule has 4 rings (SSSR count). The number of ketones is 2. The number of allylic oxidation sites excluding steroid dienone is 4. The van der Waals surface area contributed by atoms with E-state index in [1.54, 1.807) is 32.9 Å². The number of hydrogen-bond acceptors (Lipinski definition) is 7. The molecule has 4 aliphatic rings. The summed E-state index contributed by atoms with van der Waals surface area (Å²) in [5.74, 6) is -2.11. The summed E-state index contributed by atoms with van der Waals surface area (Å²) in [4.78, 5) is 36.9. The Balaban J connectivity index is 1.65. The number of aliphatic hydroxyl groups excluding tert-OH is 2. The summed E-state index contributed by atoms with van der Waals surface area (Å²) in [6, 6.07) is 0. The fourth-order valence-corrected chi connectivity index (χ4v) is 7.26. The highest BCUT2D eigenvalue weighted by atomic mass is 16.5. The molecular formula is C25H34O7. The molecule has 32 heavy (non-hydrogen) atoms. The predicted molar refractivity (Wildman–Crippen MR) is 115 cm³/mol. The van der Waals surface area contributed by atoms with E-state index in [0.717, 1.165) is 5.57 Å². The van der Waals surface area contributed by atoms with Crippen LogP contribution in [0.1, 0.15) is 53.4 Å². The molecule has 0 spiro atoms. The summed E-state index contributed by atoms with van der Waals surface area (Å²) in [5.41, 5.74) is -2.62. The topological polar surface area (TPSA) is 121 Å². The number of carbonyl (C=O) groups excluding carboxylic acids is 3. The number of carbonyl (C=O) groups is 3. The van der Waals surface area contributed by atoms with Gasteiger partial charge in [0.2, 0.25) is 5.78 Å². The highest BCUT2D eigenvalue weighted by Crippen LogP contribution is 2.67. The maximum Gasteiger partial charge on any atom is 0.308 e. The van der Waals surface area contributed by atoms with Gasteiger partial charge in [-0.25, -0.2) is 0 Å². The molecule has 3 fully saturated rings. The highest BCUT2D eigenvalue weighted by Gasteiger charge is 2.71. The molecule has 3 saturated carbocycles. The Bertz CT molecular complexity index is 904. The van der Waals surface area contributed by atoms with Gasteiger partial charge in [0.25, 0.3) is 0 Å². The molecule has 0 aliphatic heterocycles. The van der Waals surface area contributed by atoms with Gasteiger partial charge in [0.15, 0.2) is 18.0 Å². The maximum absolute atomic E-state index is 13.1. The van der Waals surface area contributed by atoms with E-state index in [1.165, 1.54) is 0 Å². The zero-order valence-corrected chi connectivity index (χ0v) is 19.2. The second-order valence-electron chi connectivity index (χ2n) is 10.9. The van der Waals surface area contributed by atoms with E-state index in [0.29, 0.717) is 12.8 Å². The number of ether oxygens (including phenoxy) is 1. The molecule has 0 saturated heterocycles. The molecule has 0 unspecified atom stereocenters. The molecule has 0 aromatic rings. The number of fused-ring (bicyclic) bond motifs is 5. The van der Waals surface area contributed by atoms with Crippen LogP contribution in [-0.2, 0) is 19.1 Å². The van der Waals surface area contributed by atoms with Crippen molar-refractivity contribution in [3.63, 3.8) is 0 Å². The summed E-state index contributed by atoms with van der Waals surface area (Å²) in [6.45, 7) is 6.51. The molecule has 0 aromatic heterocycles. The van der Waals surface area contributed by atoms with Crippen LogP contribution in [0.2, 0.25) is 0 Å². The monoisotopic (exact) mass is 446 g/mol. The van der Waals surface area contributed by atoms with Gasteiger partial charge in [-0.1, -0.05) is 39.3 Å². The molecule has 0 amide bonds. The SMILES string of the molecule is CC(C)C(=O)OCC(=O)[C@@]1(O)[C@H](O)C[C@H]2[C@@H]3CCC4=CC(=O)C=C[C@]4(C)[C@H]3[C@@H](O)C[C@@]21C. The first-order valence-electron chi connectivity index (χ1n) is 11.6. The van der Waals surface area contributed by atoms with Gasteiger partial charge < -0.3 is 20.1 Å². The number of esters is 1. The average Bonchev–Trinajstić information content (AvgIpc) is 2.93. The normalized spacial score (nSPS) is 45.1. The van der Waals surface area contributed by atoms with E-state index in [-0.39, 0.29) is 36.4 Å². The molecule has 0 bridgehead atoms. The lowest BCUT2D eigenvalue weighted by Crippen LogP contribution is -2.64. The van der Waals surface area contributed by atoms with Crippen molar-refractivity contribution in [2.45, 2.75) is 71.2 Å². The van der Waals surface area contributed by atoms with Crippen LogP contribution < -0.4 is 0 Å². The molecule has 0 aromatic carbocycles. The van der Waals surface area contributed by atoms with Crippen molar-refractivity contribution in [2.75, 3.05) is 6.61 Å². The van der Waals surface area contributed by atoms with Gasteiger partial charge in [0, 0.05) is 16.7 Å². The van der Waals surface area contributed by atoms with Crippen LogP contribution in [0.25, 0.3) is 0 Å². The van der Waals surface area contributed by atoms with Gasteiger partial charge in [-0.3, -0.25) is 14.4 Å². The minimum absolute atomic E-state index is 0.0292. The van der Waals surface area contributed by atoms with Crippen molar-refractivity contribution in [3.05, 3.63) is 23.8 Å². The first-order valence-corrected chi connectivity index (χ1v) is 11.6. The third-order valence-electron chi connectivity index (χ3n) is 8.96. The van der Waals surface area contributed by atoms with Crippen LogP contribution in [0.4, 0.5) is 0 Å². The predicted octanol–water partition coefficient (Wildman–Crippen LogP) is 1.74. The quantitative estimate of drug-likeness (QED) is 0.563. The molecule has 0 heterocycles. The second-order valence-corrected chi connectivity index (χ2v) is 10.9. The Morgan fingerprint density at radius 2 is 1.94 bits per heavy atom. The van der Waals surface area contributed by atoms with E-state index in [4.69, 9.17) is 4.74 Å². The standard InChI is InChI=1S/C25H34O7/c1-13(2)22(30)32-12-20(29)25(31)19(28)10-17-16-6-5-14-9-15(26)7-8-23(14,3)21(16)18(27)11-24(17,25)4/h7-9,13,16-19,21,27-28,31H,5-6,10-12H2,1-4H3/t16-,17-,18-,19+,21+,23-,24-,25-/m0/s1. The van der Waals surface area contributed by atoms with Crippen LogP contribution in [-0.4, -0.2) is 57.3 Å². The van der Waals surface area contributed by atoms with Crippen molar-refractivity contribution in [3.8, 4) is 0 Å². The lowest BCUT2D eigenvalue weighted by molar-refractivity contribution is -0.192. The Labute approximate surface area is 188 Å². The molecule has 0 radical (unpaired) electrons. The molecule has 4 aliphatic carbocycles. The van der Waals surface area contributed by atoms with Crippen LogP contribution in [0.3, 0.4) is 0 Å². The smallest absolute Gasteiger partial charge is 0.308 e. The van der Waals surface area contributed by atoms with Crippen LogP contribution >= 0.6 is 0 Å². The van der Waals surface area contributed by atoms with E-state index in [9.17, 15) is 29.7 Å². The van der Waals surface area contributed by atoms with E-state index >= 15 is 0 Å². The first kappa shape index (κ1) is 23.3. The van der Waals surface area contributed by atoms with Gasteiger partial charge >= 0.3 is 5.97 Å². The van der Waals surface area contributed by atoms with E-state index in [2.05, 4.69) is 0 Å². The fraction of sp³-hybridized carbons (Fsp3) is 0.720. The molecule has 176 valence electrons. The largest absolute Gasteiger partial charge is 0.457 e. The number of aliphatic hydroxyl groups is 3. The molecular weight excluding hydrogens is 412 g/mol. The summed E-state index contributed by atoms with van der Waals surface area (Å²) in [7, 11) is 0. The van der Waals surface area contributed by atoms with Gasteiger partial charge in [0.05, 0.1) is 18.1 Å². The zero-order chi connectivity index (χ0) is 23.6. The summed E-state index contributed by atoms with van der Waals surface area (Å²) >= 11 is 0. The fourth-order valence-electron chi connectivity index (χ4n) is 7.26. The van der Waals surface area contributed by atoms with Crippen molar-refractivity contribution >= 4 is 17.5 Å². The van der Waals surface area contributed by atoms with Crippen molar-refractivity contribution in [1.82, 2.24) is 0 Å². The number of Topliss-reactive ketones (excluding diaryl/α,β-unsaturated/α-hetero) is 1. The minimum atomic E-state index is -2.10. The minimum Gasteiger partial charge on any atom is -0.457 e. The van der Waals surface area contributed by atoms with Crippen molar-refractivity contribution < 1.29 is 34.4 Å². The van der Waals surface area contributed by atoms with Crippen LogP contribution in [0.5, 0.6) is 0 Å². The lowest BCUT2D eigenvalue weighted by Gasteiger charge is -2.59. The lowest BCUT2D eigenvalue weighted by atomic mass is 9.46. The molecule has 8 atom stereocenters. The molecule has 7 nitrogen and oxygen atoms in total. The third-order valence-corrected chi connectivity index (χ3v) is 8.96. The summed E-state index contributed by atoms with van der Waals surface area (Å²) < 4.78 is 5.08. The van der Waals surface area contributed by atoms with Crippen LogP contribution in [0, 0.1) is 34.5 Å². The van der Waals surface area contributed by atoms with Crippen LogP contribution in [0.15, 0.2) is 23.8 Å². The van der Waals surface area contributed by atoms with Crippen molar-refractivity contribution in [2.24, 2.45) is 34.5 Å². The number of rotatable bonds is 4. The Morgan fingerprint density at radius 1 is 1.25 bits per heavy atom. The Hall–Kier alpha value is -1.83. The Kier molecular flexibility index (Phi) is 5.55. The van der Waals surface area contributed by atoms with Gasteiger partial charge in [-0.15, -0.1) is 0 Å². The summed E-state index contributed by atoms with van der Waals surface area (Å²) in [5, 5.41) is 33.9.